The van der Waals surface area contributed by atoms with Crippen molar-refractivity contribution in [1.29, 1.82) is 0 Å². The number of aryl methyl sites for hydroxylation is 2. The molecule has 8 nitrogen and oxygen atoms in total. The number of imidazole rings is 1. The molecule has 0 saturated carbocycles. The average molecular weight is 554 g/mol. The van der Waals surface area contributed by atoms with Crippen LogP contribution in [0.25, 0.3) is 11.1 Å². The fourth-order valence-corrected chi connectivity index (χ4v) is 5.98. The third-order valence-corrected chi connectivity index (χ3v) is 7.98. The highest BCUT2D eigenvalue weighted by Crippen LogP contribution is 2.47. The van der Waals surface area contributed by atoms with Crippen LogP contribution < -0.4 is 9.88 Å². The Hall–Kier alpha value is -3.36. The third-order valence-electron chi connectivity index (χ3n) is 7.66. The van der Waals surface area contributed by atoms with Crippen LogP contribution in [0.2, 0.25) is 5.02 Å². The maximum absolute atomic E-state index is 13.4. The summed E-state index contributed by atoms with van der Waals surface area (Å²) in [5, 5.41) is 16.1. The van der Waals surface area contributed by atoms with E-state index in [-0.39, 0.29) is 11.9 Å². The van der Waals surface area contributed by atoms with Gasteiger partial charge in [0.2, 0.25) is 0 Å². The summed E-state index contributed by atoms with van der Waals surface area (Å²) in [6, 6.07) is 13.7. The van der Waals surface area contributed by atoms with Gasteiger partial charge in [0.25, 0.3) is 6.33 Å². The lowest BCUT2D eigenvalue weighted by Crippen LogP contribution is -2.50. The van der Waals surface area contributed by atoms with E-state index in [0.717, 1.165) is 35.1 Å². The number of carbonyl (C=O) groups excluding carboxylic acids is 2. The molecule has 0 aliphatic carbocycles. The summed E-state index contributed by atoms with van der Waals surface area (Å²) in [5.74, 6) is -0.233. The van der Waals surface area contributed by atoms with Gasteiger partial charge in [-0.1, -0.05) is 54.9 Å². The number of aromatic nitrogens is 2. The number of hydrogen-bond donors (Lipinski definition) is 2. The molecule has 208 valence electrons. The Balaban J connectivity index is 1.76. The molecule has 1 aliphatic heterocycles. The second-order valence-corrected chi connectivity index (χ2v) is 10.6. The van der Waals surface area contributed by atoms with Crippen LogP contribution in [0.15, 0.2) is 61.2 Å². The van der Waals surface area contributed by atoms with E-state index in [1.807, 2.05) is 65.2 Å². The SMILES string of the molecule is CCc1ccc(Cl)c(-c2ccccc2)c1C(O)(CCCNC(=O)OC)C1CCCN(C(=O)n2cc[n+](C)c2)C1. The average Bonchev–Trinajstić information content (AvgIpc) is 3.41. The number of piperidine rings is 1. The van der Waals surface area contributed by atoms with Crippen molar-refractivity contribution in [1.82, 2.24) is 14.8 Å². The van der Waals surface area contributed by atoms with E-state index in [1.165, 1.54) is 7.11 Å². The van der Waals surface area contributed by atoms with Crippen LogP contribution in [0, 0.1) is 5.92 Å². The molecule has 1 fully saturated rings. The van der Waals surface area contributed by atoms with E-state index < -0.39 is 11.7 Å². The van der Waals surface area contributed by atoms with Crippen molar-refractivity contribution in [2.45, 2.75) is 44.6 Å². The van der Waals surface area contributed by atoms with Crippen molar-refractivity contribution < 1.29 is 24.0 Å². The maximum Gasteiger partial charge on any atom is 0.415 e. The van der Waals surface area contributed by atoms with Crippen molar-refractivity contribution in [3.05, 3.63) is 77.3 Å². The van der Waals surface area contributed by atoms with Crippen LogP contribution in [-0.4, -0.2) is 53.4 Å². The number of amides is 2. The predicted molar refractivity (Wildman–Crippen MR) is 151 cm³/mol. The van der Waals surface area contributed by atoms with Crippen LogP contribution in [0.5, 0.6) is 0 Å². The van der Waals surface area contributed by atoms with Crippen molar-refractivity contribution in [3.8, 4) is 11.1 Å². The van der Waals surface area contributed by atoms with E-state index in [4.69, 9.17) is 16.3 Å². The second kappa shape index (κ2) is 12.7. The highest BCUT2D eigenvalue weighted by atomic mass is 35.5. The second-order valence-electron chi connectivity index (χ2n) is 10.2. The summed E-state index contributed by atoms with van der Waals surface area (Å²) in [6.45, 7) is 3.46. The minimum atomic E-state index is -1.29. The van der Waals surface area contributed by atoms with Crippen LogP contribution in [0.1, 0.15) is 43.7 Å². The van der Waals surface area contributed by atoms with Gasteiger partial charge in [-0.2, -0.15) is 4.57 Å². The Morgan fingerprint density at radius 3 is 2.67 bits per heavy atom. The third kappa shape index (κ3) is 6.28. The molecule has 0 bridgehead atoms. The zero-order valence-corrected chi connectivity index (χ0v) is 23.7. The first-order valence-electron chi connectivity index (χ1n) is 13.5. The molecule has 1 aromatic heterocycles. The molecule has 0 spiro atoms. The number of nitrogens with zero attached hydrogens (tertiary/aromatic N) is 3. The van der Waals surface area contributed by atoms with Gasteiger partial charge in [0, 0.05) is 36.1 Å². The number of likely N-dealkylation sites (tertiary alicyclic amines) is 1. The van der Waals surface area contributed by atoms with Crippen molar-refractivity contribution in [3.63, 3.8) is 0 Å². The minimum absolute atomic E-state index is 0.111. The molecule has 2 heterocycles. The van der Waals surface area contributed by atoms with E-state index in [9.17, 15) is 14.7 Å². The minimum Gasteiger partial charge on any atom is -0.453 e. The van der Waals surface area contributed by atoms with Gasteiger partial charge >= 0.3 is 12.1 Å². The molecule has 2 amide bonds. The lowest BCUT2D eigenvalue weighted by Gasteiger charge is -2.44. The Labute approximate surface area is 235 Å². The lowest BCUT2D eigenvalue weighted by atomic mass is 9.70. The molecule has 2 unspecified atom stereocenters. The predicted octanol–water partition coefficient (Wildman–Crippen LogP) is 4.90. The number of rotatable bonds is 8. The normalized spacial score (nSPS) is 16.9. The zero-order valence-electron chi connectivity index (χ0n) is 22.9. The molecule has 1 saturated heterocycles. The van der Waals surface area contributed by atoms with E-state index >= 15 is 0 Å². The van der Waals surface area contributed by atoms with E-state index in [2.05, 4.69) is 12.2 Å². The van der Waals surface area contributed by atoms with Crippen LogP contribution in [0.3, 0.4) is 0 Å². The smallest absolute Gasteiger partial charge is 0.415 e. The quantitative estimate of drug-likeness (QED) is 0.307. The topological polar surface area (TPSA) is 87.7 Å². The van der Waals surface area contributed by atoms with Gasteiger partial charge in [0.1, 0.15) is 12.4 Å². The van der Waals surface area contributed by atoms with Gasteiger partial charge in [-0.3, -0.25) is 0 Å². The van der Waals surface area contributed by atoms with E-state index in [0.29, 0.717) is 43.9 Å². The number of aliphatic hydroxyl groups is 1. The molecular formula is C30H38ClN4O4+. The van der Waals surface area contributed by atoms with Crippen molar-refractivity contribution in [2.75, 3.05) is 26.7 Å². The monoisotopic (exact) mass is 553 g/mol. The van der Waals surface area contributed by atoms with Gasteiger partial charge in [-0.05, 0) is 54.9 Å². The summed E-state index contributed by atoms with van der Waals surface area (Å²) in [7, 11) is 3.20. The van der Waals surface area contributed by atoms with Crippen LogP contribution in [-0.2, 0) is 23.8 Å². The Morgan fingerprint density at radius 2 is 2.00 bits per heavy atom. The number of benzene rings is 2. The number of carbonyl (C=O) groups is 2. The standard InChI is InChI=1S/C30H37ClN4O4/c1-4-22-13-14-25(31)26(23-10-6-5-7-11-23)27(22)30(38,15-9-16-32-28(36)39-3)24-12-8-17-34(20-24)29(37)35-19-18-33(2)21-35/h5-7,10-11,13-14,18-19,21,24,38H,4,8-9,12,15-17,20H2,1-3H3/p+1. The lowest BCUT2D eigenvalue weighted by molar-refractivity contribution is -0.670. The fraction of sp³-hybridized carbons (Fsp3) is 0.433. The molecule has 0 radical (unpaired) electrons. The first-order chi connectivity index (χ1) is 18.8. The largest absolute Gasteiger partial charge is 0.453 e. The number of ether oxygens (including phenoxy) is 1. The Morgan fingerprint density at radius 1 is 1.23 bits per heavy atom. The van der Waals surface area contributed by atoms with Gasteiger partial charge in [0.05, 0.1) is 19.8 Å². The number of methoxy groups -OCH3 is 1. The molecule has 9 heteroatoms. The molecule has 3 aromatic rings. The molecule has 4 rings (SSSR count). The summed E-state index contributed by atoms with van der Waals surface area (Å²) < 4.78 is 8.12. The van der Waals surface area contributed by atoms with Gasteiger partial charge in [-0.15, -0.1) is 0 Å². The number of halogens is 1. The first kappa shape index (κ1) is 28.6. The molecule has 1 aliphatic rings. The van der Waals surface area contributed by atoms with Gasteiger partial charge < -0.3 is 20.1 Å². The fourth-order valence-electron chi connectivity index (χ4n) is 5.72. The zero-order chi connectivity index (χ0) is 28.0. The van der Waals surface area contributed by atoms with Gasteiger partial charge in [0.15, 0.2) is 0 Å². The van der Waals surface area contributed by atoms with Crippen molar-refractivity contribution in [2.24, 2.45) is 13.0 Å². The van der Waals surface area contributed by atoms with E-state index in [1.54, 1.807) is 17.1 Å². The Bertz CT molecular complexity index is 1300. The summed E-state index contributed by atoms with van der Waals surface area (Å²) in [4.78, 5) is 26.9. The molecule has 2 N–H and O–H groups in total. The highest BCUT2D eigenvalue weighted by Gasteiger charge is 2.44. The van der Waals surface area contributed by atoms with Crippen LogP contribution in [0.4, 0.5) is 9.59 Å². The molecule has 2 aromatic carbocycles. The summed E-state index contributed by atoms with van der Waals surface area (Å²) >= 11 is 6.87. The number of alkyl carbamates (subject to hydrolysis) is 1. The maximum atomic E-state index is 13.4. The Kier molecular flexibility index (Phi) is 9.30. The summed E-state index contributed by atoms with van der Waals surface area (Å²) in [6.07, 6.45) is 7.97. The van der Waals surface area contributed by atoms with Crippen LogP contribution >= 0.6 is 11.6 Å². The highest BCUT2D eigenvalue weighted by molar-refractivity contribution is 6.33. The summed E-state index contributed by atoms with van der Waals surface area (Å²) in [5.41, 5.74) is 2.29. The van der Waals surface area contributed by atoms with Crippen molar-refractivity contribution >= 4 is 23.7 Å². The molecule has 2 atom stereocenters. The number of nitrogens with one attached hydrogen (secondary N) is 1. The van der Waals surface area contributed by atoms with Gasteiger partial charge in [-0.25, -0.2) is 14.2 Å². The number of hydrogen-bond acceptors (Lipinski definition) is 4. The molecule has 39 heavy (non-hydrogen) atoms. The molecular weight excluding hydrogens is 516 g/mol. The first-order valence-corrected chi connectivity index (χ1v) is 13.9.